The van der Waals surface area contributed by atoms with Crippen molar-refractivity contribution in [1.29, 1.82) is 0 Å². The van der Waals surface area contributed by atoms with Gasteiger partial charge in [-0.05, 0) is 37.1 Å². The Balaban J connectivity index is 2.26. The number of methoxy groups -OCH3 is 1. The van der Waals surface area contributed by atoms with Crippen molar-refractivity contribution in [2.45, 2.75) is 19.4 Å². The molecule has 0 fully saturated rings. The van der Waals surface area contributed by atoms with Crippen molar-refractivity contribution in [2.24, 2.45) is 5.73 Å². The third-order valence-corrected chi connectivity index (χ3v) is 3.45. The van der Waals surface area contributed by atoms with Gasteiger partial charge in [0.15, 0.2) is 0 Å². The van der Waals surface area contributed by atoms with Crippen LogP contribution < -0.4 is 15.8 Å². The summed E-state index contributed by atoms with van der Waals surface area (Å²) in [5, 5.41) is 2.84. The Hall–Kier alpha value is -2.33. The minimum Gasteiger partial charge on any atom is -0.495 e. The smallest absolute Gasteiger partial charge is 0.248 e. The number of anilines is 1. The lowest BCUT2D eigenvalue weighted by molar-refractivity contribution is -0.120. The number of amides is 1. The van der Waals surface area contributed by atoms with Gasteiger partial charge in [0, 0.05) is 0 Å². The number of nitrogens with one attached hydrogen (secondary N) is 1. The maximum Gasteiger partial charge on any atom is 0.248 e. The Labute approximate surface area is 124 Å². The molecule has 4 nitrogen and oxygen atoms in total. The predicted octanol–water partition coefficient (Wildman–Crippen LogP) is 2.82. The van der Waals surface area contributed by atoms with Gasteiger partial charge in [-0.1, -0.05) is 36.4 Å². The zero-order valence-corrected chi connectivity index (χ0v) is 12.5. The first-order chi connectivity index (χ1) is 9.95. The first-order valence-corrected chi connectivity index (χ1v) is 6.75. The molecule has 0 saturated carbocycles. The molecule has 2 aromatic rings. The largest absolute Gasteiger partial charge is 0.495 e. The molecule has 0 spiro atoms. The van der Waals surface area contributed by atoms with Crippen LogP contribution in [0.25, 0.3) is 0 Å². The summed E-state index contributed by atoms with van der Waals surface area (Å²) in [4.78, 5) is 12.5. The number of hydrogen-bond donors (Lipinski definition) is 2. The van der Waals surface area contributed by atoms with E-state index in [1.165, 1.54) is 0 Å². The van der Waals surface area contributed by atoms with Gasteiger partial charge in [-0.2, -0.15) is 0 Å². The first kappa shape index (κ1) is 15.1. The number of hydrogen-bond acceptors (Lipinski definition) is 3. The number of ether oxygens (including phenoxy) is 1. The minimum absolute atomic E-state index is 0.282. The zero-order chi connectivity index (χ0) is 15.5. The number of carbonyl (C=O) groups excluding carboxylic acids is 1. The van der Waals surface area contributed by atoms with Gasteiger partial charge in [0.2, 0.25) is 5.91 Å². The molecule has 1 atom stereocenters. The molecular formula is C17H20N2O2. The SMILES string of the molecule is COc1cc(C)ccc1NC(=O)C(C)(N)c1ccccc1. The first-order valence-electron chi connectivity index (χ1n) is 6.75. The molecule has 0 radical (unpaired) electrons. The summed E-state index contributed by atoms with van der Waals surface area (Å²) in [6.07, 6.45) is 0. The second kappa shape index (κ2) is 5.97. The Morgan fingerprint density at radius 1 is 1.19 bits per heavy atom. The summed E-state index contributed by atoms with van der Waals surface area (Å²) >= 11 is 0. The van der Waals surface area contributed by atoms with Crippen LogP contribution in [0.2, 0.25) is 0 Å². The van der Waals surface area contributed by atoms with Crippen LogP contribution >= 0.6 is 0 Å². The Morgan fingerprint density at radius 3 is 2.48 bits per heavy atom. The van der Waals surface area contributed by atoms with Crippen molar-refractivity contribution in [3.8, 4) is 5.75 Å². The molecule has 110 valence electrons. The maximum atomic E-state index is 12.5. The molecule has 0 bridgehead atoms. The fraction of sp³-hybridized carbons (Fsp3) is 0.235. The Kier molecular flexibility index (Phi) is 4.29. The Bertz CT molecular complexity index is 636. The quantitative estimate of drug-likeness (QED) is 0.907. The van der Waals surface area contributed by atoms with Crippen molar-refractivity contribution in [1.82, 2.24) is 0 Å². The molecule has 0 aliphatic rings. The van der Waals surface area contributed by atoms with Gasteiger partial charge < -0.3 is 15.8 Å². The maximum absolute atomic E-state index is 12.5. The highest BCUT2D eigenvalue weighted by molar-refractivity contribution is 5.99. The zero-order valence-electron chi connectivity index (χ0n) is 12.5. The number of benzene rings is 2. The Morgan fingerprint density at radius 2 is 1.86 bits per heavy atom. The third kappa shape index (κ3) is 3.23. The molecule has 0 aliphatic carbocycles. The molecule has 2 aromatic carbocycles. The topological polar surface area (TPSA) is 64.3 Å². The van der Waals surface area contributed by atoms with Crippen LogP contribution in [0, 0.1) is 6.92 Å². The van der Waals surface area contributed by atoms with Crippen molar-refractivity contribution in [3.05, 3.63) is 59.7 Å². The van der Waals surface area contributed by atoms with E-state index in [-0.39, 0.29) is 5.91 Å². The van der Waals surface area contributed by atoms with Crippen molar-refractivity contribution in [3.63, 3.8) is 0 Å². The molecule has 0 heterocycles. The summed E-state index contributed by atoms with van der Waals surface area (Å²) in [6, 6.07) is 14.9. The van der Waals surface area contributed by atoms with E-state index in [9.17, 15) is 4.79 Å². The highest BCUT2D eigenvalue weighted by Gasteiger charge is 2.30. The van der Waals surface area contributed by atoms with Gasteiger partial charge >= 0.3 is 0 Å². The molecule has 1 unspecified atom stereocenters. The molecule has 0 aromatic heterocycles. The van der Waals surface area contributed by atoms with Crippen LogP contribution in [0.5, 0.6) is 5.75 Å². The van der Waals surface area contributed by atoms with E-state index in [4.69, 9.17) is 10.5 Å². The highest BCUT2D eigenvalue weighted by atomic mass is 16.5. The normalized spacial score (nSPS) is 13.3. The predicted molar refractivity (Wildman–Crippen MR) is 84.3 cm³/mol. The van der Waals surface area contributed by atoms with Crippen LogP contribution in [0.15, 0.2) is 48.5 Å². The second-order valence-electron chi connectivity index (χ2n) is 5.23. The lowest BCUT2D eigenvalue weighted by Crippen LogP contribution is -2.45. The minimum atomic E-state index is -1.11. The molecule has 4 heteroatoms. The molecular weight excluding hydrogens is 264 g/mol. The summed E-state index contributed by atoms with van der Waals surface area (Å²) in [5.41, 5.74) is 7.51. The van der Waals surface area contributed by atoms with E-state index in [0.717, 1.165) is 11.1 Å². The van der Waals surface area contributed by atoms with Crippen LogP contribution in [0.1, 0.15) is 18.1 Å². The van der Waals surface area contributed by atoms with E-state index in [0.29, 0.717) is 11.4 Å². The summed E-state index contributed by atoms with van der Waals surface area (Å²) in [6.45, 7) is 3.66. The van der Waals surface area contributed by atoms with E-state index in [2.05, 4.69) is 5.32 Å². The molecule has 1 amide bonds. The average Bonchev–Trinajstić information content (AvgIpc) is 2.49. The van der Waals surface area contributed by atoms with E-state index >= 15 is 0 Å². The third-order valence-electron chi connectivity index (χ3n) is 3.45. The fourth-order valence-corrected chi connectivity index (χ4v) is 2.07. The number of aryl methyl sites for hydroxylation is 1. The van der Waals surface area contributed by atoms with Crippen LogP contribution in [0.4, 0.5) is 5.69 Å². The number of nitrogens with two attached hydrogens (primary N) is 1. The molecule has 2 rings (SSSR count). The van der Waals surface area contributed by atoms with Crippen molar-refractivity contribution < 1.29 is 9.53 Å². The lowest BCUT2D eigenvalue weighted by Gasteiger charge is -2.24. The van der Waals surface area contributed by atoms with Crippen LogP contribution in [-0.2, 0) is 10.3 Å². The van der Waals surface area contributed by atoms with Gasteiger partial charge in [-0.3, -0.25) is 4.79 Å². The summed E-state index contributed by atoms with van der Waals surface area (Å²) in [5.74, 6) is 0.336. The van der Waals surface area contributed by atoms with E-state index < -0.39 is 5.54 Å². The van der Waals surface area contributed by atoms with Gasteiger partial charge in [0.25, 0.3) is 0 Å². The standard InChI is InChI=1S/C17H20N2O2/c1-12-9-10-14(15(11-12)21-3)19-16(20)17(2,18)13-7-5-4-6-8-13/h4-11H,18H2,1-3H3,(H,19,20). The van der Waals surface area contributed by atoms with Crippen LogP contribution in [0.3, 0.4) is 0 Å². The number of rotatable bonds is 4. The highest BCUT2D eigenvalue weighted by Crippen LogP contribution is 2.27. The monoisotopic (exact) mass is 284 g/mol. The summed E-state index contributed by atoms with van der Waals surface area (Å²) < 4.78 is 5.29. The lowest BCUT2D eigenvalue weighted by atomic mass is 9.92. The van der Waals surface area contributed by atoms with Crippen molar-refractivity contribution >= 4 is 11.6 Å². The molecule has 3 N–H and O–H groups in total. The van der Waals surface area contributed by atoms with E-state index in [1.54, 1.807) is 14.0 Å². The summed E-state index contributed by atoms with van der Waals surface area (Å²) in [7, 11) is 1.57. The second-order valence-corrected chi connectivity index (χ2v) is 5.23. The van der Waals surface area contributed by atoms with Crippen LogP contribution in [-0.4, -0.2) is 13.0 Å². The van der Waals surface area contributed by atoms with Gasteiger partial charge in [-0.15, -0.1) is 0 Å². The molecule has 21 heavy (non-hydrogen) atoms. The van der Waals surface area contributed by atoms with Gasteiger partial charge in [0.1, 0.15) is 11.3 Å². The van der Waals surface area contributed by atoms with E-state index in [1.807, 2.05) is 55.5 Å². The number of carbonyl (C=O) groups is 1. The van der Waals surface area contributed by atoms with Crippen molar-refractivity contribution in [2.75, 3.05) is 12.4 Å². The average molecular weight is 284 g/mol. The molecule has 0 saturated heterocycles. The van der Waals surface area contributed by atoms with Gasteiger partial charge in [-0.25, -0.2) is 0 Å². The molecule has 0 aliphatic heterocycles. The fourth-order valence-electron chi connectivity index (χ4n) is 2.07. The van der Waals surface area contributed by atoms with Gasteiger partial charge in [0.05, 0.1) is 12.8 Å².